The third-order valence-electron chi connectivity index (χ3n) is 2.76. The molecule has 2 unspecified atom stereocenters. The fraction of sp³-hybridized carbons (Fsp3) is 0.800. The normalized spacial score (nSPS) is 31.0. The van der Waals surface area contributed by atoms with Crippen LogP contribution in [-0.2, 0) is 9.47 Å². The first-order valence-corrected chi connectivity index (χ1v) is 5.16. The van der Waals surface area contributed by atoms with E-state index in [0.29, 0.717) is 0 Å². The number of ether oxygens (including phenoxy) is 2. The van der Waals surface area contributed by atoms with Gasteiger partial charge in [-0.05, 0) is 13.1 Å². The molecule has 0 bridgehead atoms. The predicted molar refractivity (Wildman–Crippen MR) is 53.9 cm³/mol. The lowest BCUT2D eigenvalue weighted by molar-refractivity contribution is -0.0335. The highest BCUT2D eigenvalue weighted by atomic mass is 16.5. The van der Waals surface area contributed by atoms with Crippen LogP contribution in [0.15, 0.2) is 11.8 Å². The van der Waals surface area contributed by atoms with Crippen molar-refractivity contribution in [3.63, 3.8) is 0 Å². The molecule has 0 aromatic rings. The van der Waals surface area contributed by atoms with E-state index in [-0.39, 0.29) is 12.1 Å². The zero-order valence-corrected chi connectivity index (χ0v) is 8.61. The largest absolute Gasteiger partial charge is 0.496 e. The van der Waals surface area contributed by atoms with E-state index in [2.05, 4.69) is 18.0 Å². The minimum atomic E-state index is -0.0970. The molecule has 2 rings (SSSR count). The van der Waals surface area contributed by atoms with Gasteiger partial charge in [-0.2, -0.15) is 0 Å². The summed E-state index contributed by atoms with van der Waals surface area (Å²) < 4.78 is 11.1. The summed E-state index contributed by atoms with van der Waals surface area (Å²) in [7, 11) is 2.09. The highest BCUT2D eigenvalue weighted by Gasteiger charge is 2.28. The Morgan fingerprint density at radius 3 is 3.07 bits per heavy atom. The van der Waals surface area contributed by atoms with E-state index in [1.165, 1.54) is 0 Å². The highest BCUT2D eigenvalue weighted by Crippen LogP contribution is 2.18. The number of hydrogen-bond donors (Lipinski definition) is 1. The van der Waals surface area contributed by atoms with Crippen LogP contribution in [0.5, 0.6) is 0 Å². The summed E-state index contributed by atoms with van der Waals surface area (Å²) in [6.07, 6.45) is 3.13. The van der Waals surface area contributed by atoms with Crippen LogP contribution in [0.3, 0.4) is 0 Å². The first kappa shape index (κ1) is 9.96. The molecular formula is C10H18N2O2. The number of likely N-dealkylation sites (N-methyl/N-ethyl adjacent to an activating group) is 1. The van der Waals surface area contributed by atoms with Crippen molar-refractivity contribution in [1.29, 1.82) is 0 Å². The lowest BCUT2D eigenvalue weighted by Gasteiger charge is -2.33. The standard InChI is InChI=1S/C10H18N2O2/c1-12-4-6-14-9(7-12)10(11)8-3-2-5-13-8/h3,9-10H,2,4-7,11H2,1H3. The number of morpholine rings is 1. The molecular weight excluding hydrogens is 180 g/mol. The Balaban J connectivity index is 1.92. The molecule has 2 atom stereocenters. The summed E-state index contributed by atoms with van der Waals surface area (Å²) in [5.41, 5.74) is 6.07. The van der Waals surface area contributed by atoms with Crippen molar-refractivity contribution in [2.45, 2.75) is 18.6 Å². The Bertz CT molecular complexity index is 230. The molecule has 2 heterocycles. The number of hydrogen-bond acceptors (Lipinski definition) is 4. The van der Waals surface area contributed by atoms with Crippen molar-refractivity contribution in [3.8, 4) is 0 Å². The molecule has 0 radical (unpaired) electrons. The average molecular weight is 198 g/mol. The molecule has 4 nitrogen and oxygen atoms in total. The second-order valence-electron chi connectivity index (χ2n) is 3.94. The molecule has 2 N–H and O–H groups in total. The van der Waals surface area contributed by atoms with Crippen LogP contribution in [0, 0.1) is 0 Å². The van der Waals surface area contributed by atoms with E-state index in [9.17, 15) is 0 Å². The summed E-state index contributed by atoms with van der Waals surface area (Å²) in [6.45, 7) is 3.42. The topological polar surface area (TPSA) is 47.7 Å². The van der Waals surface area contributed by atoms with E-state index in [4.69, 9.17) is 15.2 Å². The van der Waals surface area contributed by atoms with Gasteiger partial charge in [0.25, 0.3) is 0 Å². The molecule has 4 heteroatoms. The van der Waals surface area contributed by atoms with Crippen LogP contribution in [0.4, 0.5) is 0 Å². The van der Waals surface area contributed by atoms with Crippen molar-refractivity contribution in [3.05, 3.63) is 11.8 Å². The Labute approximate surface area is 84.6 Å². The highest BCUT2D eigenvalue weighted by molar-refractivity contribution is 5.09. The fourth-order valence-electron chi connectivity index (χ4n) is 1.88. The first-order chi connectivity index (χ1) is 6.77. The minimum absolute atomic E-state index is 0.0816. The maximum absolute atomic E-state index is 6.07. The molecule has 0 aromatic carbocycles. The van der Waals surface area contributed by atoms with Gasteiger partial charge in [-0.25, -0.2) is 0 Å². The molecule has 0 aromatic heterocycles. The predicted octanol–water partition coefficient (Wildman–Crippen LogP) is -0.0515. The summed E-state index contributed by atoms with van der Waals surface area (Å²) in [5, 5.41) is 0. The smallest absolute Gasteiger partial charge is 0.112 e. The Kier molecular flexibility index (Phi) is 3.05. The zero-order chi connectivity index (χ0) is 9.97. The quantitative estimate of drug-likeness (QED) is 0.676. The molecule has 2 aliphatic rings. The van der Waals surface area contributed by atoms with E-state index in [1.807, 2.05) is 0 Å². The molecule has 0 saturated carbocycles. The van der Waals surface area contributed by atoms with E-state index >= 15 is 0 Å². The van der Waals surface area contributed by atoms with Crippen molar-refractivity contribution in [2.24, 2.45) is 5.73 Å². The third kappa shape index (κ3) is 2.08. The number of rotatable bonds is 2. The van der Waals surface area contributed by atoms with Crippen molar-refractivity contribution < 1.29 is 9.47 Å². The Hall–Kier alpha value is -0.580. The van der Waals surface area contributed by atoms with Gasteiger partial charge in [0.05, 0.1) is 25.4 Å². The molecule has 0 amide bonds. The zero-order valence-electron chi connectivity index (χ0n) is 8.61. The van der Waals surface area contributed by atoms with Crippen molar-refractivity contribution >= 4 is 0 Å². The summed E-state index contributed by atoms with van der Waals surface area (Å²) in [6, 6.07) is -0.0970. The SMILES string of the molecule is CN1CCOC(C(N)C2=CCCO2)C1. The minimum Gasteiger partial charge on any atom is -0.496 e. The van der Waals surface area contributed by atoms with Gasteiger partial charge in [0.15, 0.2) is 0 Å². The van der Waals surface area contributed by atoms with Crippen molar-refractivity contribution in [2.75, 3.05) is 33.4 Å². The third-order valence-corrected chi connectivity index (χ3v) is 2.76. The van der Waals surface area contributed by atoms with Gasteiger partial charge in [0.2, 0.25) is 0 Å². The van der Waals surface area contributed by atoms with E-state index < -0.39 is 0 Å². The summed E-state index contributed by atoms with van der Waals surface area (Å²) >= 11 is 0. The lowest BCUT2D eigenvalue weighted by atomic mass is 10.1. The van der Waals surface area contributed by atoms with Gasteiger partial charge in [0, 0.05) is 19.5 Å². The van der Waals surface area contributed by atoms with Crippen LogP contribution >= 0.6 is 0 Å². The second kappa shape index (κ2) is 4.29. The van der Waals surface area contributed by atoms with Gasteiger partial charge in [-0.15, -0.1) is 0 Å². The first-order valence-electron chi connectivity index (χ1n) is 5.16. The molecule has 0 spiro atoms. The molecule has 80 valence electrons. The molecule has 1 saturated heterocycles. The molecule has 2 aliphatic heterocycles. The van der Waals surface area contributed by atoms with Gasteiger partial charge in [0.1, 0.15) is 5.76 Å². The summed E-state index contributed by atoms with van der Waals surface area (Å²) in [4.78, 5) is 2.24. The van der Waals surface area contributed by atoms with Gasteiger partial charge in [-0.3, -0.25) is 0 Å². The Morgan fingerprint density at radius 1 is 1.57 bits per heavy atom. The second-order valence-corrected chi connectivity index (χ2v) is 3.94. The van der Waals surface area contributed by atoms with Gasteiger partial charge in [-0.1, -0.05) is 0 Å². The Morgan fingerprint density at radius 2 is 2.43 bits per heavy atom. The van der Waals surface area contributed by atoms with Crippen LogP contribution in [0.25, 0.3) is 0 Å². The molecule has 0 aliphatic carbocycles. The number of nitrogens with two attached hydrogens (primary N) is 1. The van der Waals surface area contributed by atoms with Crippen molar-refractivity contribution in [1.82, 2.24) is 4.90 Å². The van der Waals surface area contributed by atoms with E-state index in [0.717, 1.165) is 38.5 Å². The monoisotopic (exact) mass is 198 g/mol. The molecule has 14 heavy (non-hydrogen) atoms. The maximum Gasteiger partial charge on any atom is 0.112 e. The van der Waals surface area contributed by atoms with Crippen LogP contribution in [0.1, 0.15) is 6.42 Å². The average Bonchev–Trinajstić information content (AvgIpc) is 2.69. The lowest BCUT2D eigenvalue weighted by Crippen LogP contribution is -2.50. The van der Waals surface area contributed by atoms with Gasteiger partial charge < -0.3 is 20.1 Å². The van der Waals surface area contributed by atoms with Crippen LogP contribution in [-0.4, -0.2) is 50.4 Å². The summed E-state index contributed by atoms with van der Waals surface area (Å²) in [5.74, 6) is 0.908. The van der Waals surface area contributed by atoms with E-state index in [1.54, 1.807) is 0 Å². The molecule has 1 fully saturated rings. The van der Waals surface area contributed by atoms with Crippen LogP contribution in [0.2, 0.25) is 0 Å². The van der Waals surface area contributed by atoms with Crippen LogP contribution < -0.4 is 5.73 Å². The van der Waals surface area contributed by atoms with Gasteiger partial charge >= 0.3 is 0 Å². The fourth-order valence-corrected chi connectivity index (χ4v) is 1.88. The maximum atomic E-state index is 6.07. The number of nitrogens with zero attached hydrogens (tertiary/aromatic N) is 1.